The summed E-state index contributed by atoms with van der Waals surface area (Å²) in [5.74, 6) is 0.690. The predicted molar refractivity (Wildman–Crippen MR) is 77.5 cm³/mol. The van der Waals surface area contributed by atoms with Gasteiger partial charge < -0.3 is 10.4 Å². The zero-order valence-corrected chi connectivity index (χ0v) is 13.2. The van der Waals surface area contributed by atoms with E-state index in [0.29, 0.717) is 11.3 Å². The summed E-state index contributed by atoms with van der Waals surface area (Å²) >= 11 is 0. The van der Waals surface area contributed by atoms with Gasteiger partial charge in [0, 0.05) is 25.9 Å². The largest absolute Gasteiger partial charge is 0.600 e. The van der Waals surface area contributed by atoms with Crippen molar-refractivity contribution in [2.45, 2.75) is 39.0 Å². The van der Waals surface area contributed by atoms with Crippen molar-refractivity contribution in [1.29, 1.82) is 0 Å². The Morgan fingerprint density at radius 2 is 1.59 bits per heavy atom. The second-order valence-corrected chi connectivity index (χ2v) is 7.82. The van der Waals surface area contributed by atoms with E-state index >= 15 is 0 Å². The molecule has 0 heterocycles. The van der Waals surface area contributed by atoms with Crippen molar-refractivity contribution in [3.63, 3.8) is 0 Å². The van der Waals surface area contributed by atoms with E-state index in [2.05, 4.69) is 17.8 Å². The van der Waals surface area contributed by atoms with Crippen LogP contribution >= 0.6 is 0 Å². The van der Waals surface area contributed by atoms with Crippen LogP contribution in [-0.2, 0) is 0 Å². The molecule has 3 saturated carbocycles. The quantitative estimate of drug-likeness (QED) is 0.198. The molecule has 6 N–H and O–H groups in total. The van der Waals surface area contributed by atoms with E-state index in [4.69, 9.17) is 10.4 Å². The van der Waals surface area contributed by atoms with Crippen molar-refractivity contribution in [2.75, 3.05) is 26.2 Å². The number of hydrogen-bond acceptors (Lipinski definition) is 6. The van der Waals surface area contributed by atoms with Gasteiger partial charge in [-0.15, -0.1) is 0 Å². The van der Waals surface area contributed by atoms with Crippen LogP contribution in [0.5, 0.6) is 0 Å². The van der Waals surface area contributed by atoms with Gasteiger partial charge in [-0.2, -0.15) is 0 Å². The Balaban J connectivity index is 1.36. The minimum Gasteiger partial charge on any atom is -0.600 e. The molecule has 8 nitrogen and oxygen atoms in total. The van der Waals surface area contributed by atoms with Crippen LogP contribution in [0, 0.1) is 32.6 Å². The van der Waals surface area contributed by atoms with Crippen LogP contribution in [0.1, 0.15) is 39.0 Å². The zero-order valence-electron chi connectivity index (χ0n) is 13.2. The van der Waals surface area contributed by atoms with Gasteiger partial charge in [-0.1, -0.05) is 6.92 Å². The molecule has 3 fully saturated rings. The van der Waals surface area contributed by atoms with Crippen LogP contribution in [0.25, 0.3) is 0 Å². The van der Waals surface area contributed by atoms with Crippen molar-refractivity contribution in [3.8, 4) is 0 Å². The van der Waals surface area contributed by atoms with E-state index in [1.807, 2.05) is 0 Å². The lowest BCUT2D eigenvalue weighted by atomic mass is 9.85. The molecule has 22 heavy (non-hydrogen) atoms. The van der Waals surface area contributed by atoms with E-state index in [0.717, 1.165) is 38.8 Å². The Hall–Kier alpha value is -0.320. The normalized spacial score (nSPS) is 40.0. The van der Waals surface area contributed by atoms with Gasteiger partial charge in [-0.25, -0.2) is 20.9 Å². The first-order valence-corrected chi connectivity index (χ1v) is 8.23. The van der Waals surface area contributed by atoms with Gasteiger partial charge in [0.1, 0.15) is 13.1 Å². The lowest BCUT2D eigenvalue weighted by Gasteiger charge is -2.28. The standard InChI is InChI=1S/C14H28N4O4/c1-12-8-11(12)14(12,5-7-18(21)22)10-16-15-9-13(2-3-13)4-6-17(19)20/h11,15-19,21H,2-10H2,1H3. The second kappa shape index (κ2) is 5.64. The molecule has 0 spiro atoms. The lowest BCUT2D eigenvalue weighted by Crippen LogP contribution is -3.04. The highest BCUT2D eigenvalue weighted by Gasteiger charge is 2.84. The monoisotopic (exact) mass is 316 g/mol. The lowest BCUT2D eigenvalue weighted by molar-refractivity contribution is -1.05. The molecule has 3 aliphatic carbocycles. The fourth-order valence-corrected chi connectivity index (χ4v) is 4.32. The number of hydrazine groups is 1. The molecule has 128 valence electrons. The van der Waals surface area contributed by atoms with Gasteiger partial charge in [-0.05, 0) is 41.4 Å². The van der Waals surface area contributed by atoms with E-state index in [-0.39, 0.29) is 23.9 Å². The maximum atomic E-state index is 10.8. The fraction of sp³-hybridized carbons (Fsp3) is 1.00. The van der Waals surface area contributed by atoms with Crippen LogP contribution in [0.3, 0.4) is 0 Å². The van der Waals surface area contributed by atoms with Crippen LogP contribution in [0.2, 0.25) is 0 Å². The number of hydrogen-bond donors (Lipinski definition) is 6. The molecule has 0 radical (unpaired) electrons. The van der Waals surface area contributed by atoms with Crippen LogP contribution in [0.15, 0.2) is 0 Å². The van der Waals surface area contributed by atoms with Gasteiger partial charge in [0.25, 0.3) is 0 Å². The fourth-order valence-electron chi connectivity index (χ4n) is 4.32. The molecule has 0 bridgehead atoms. The molecule has 0 aliphatic heterocycles. The molecule has 3 aliphatic rings. The van der Waals surface area contributed by atoms with Gasteiger partial charge in [0.05, 0.1) is 0 Å². The molecule has 5 unspecified atom stereocenters. The maximum absolute atomic E-state index is 10.8. The molecule has 0 amide bonds. The average molecular weight is 316 g/mol. The van der Waals surface area contributed by atoms with Gasteiger partial charge in [0.2, 0.25) is 0 Å². The van der Waals surface area contributed by atoms with E-state index < -0.39 is 10.5 Å². The first-order chi connectivity index (χ1) is 10.3. The predicted octanol–water partition coefficient (Wildman–Crippen LogP) is -1.79. The average Bonchev–Trinajstić information content (AvgIpc) is 3.36. The number of quaternary nitrogens is 2. The molecule has 8 heteroatoms. The Morgan fingerprint density at radius 3 is 2.05 bits per heavy atom. The van der Waals surface area contributed by atoms with E-state index in [1.165, 1.54) is 6.42 Å². The third kappa shape index (κ3) is 3.02. The Labute approximate surface area is 130 Å². The molecular weight excluding hydrogens is 288 g/mol. The smallest absolute Gasteiger partial charge is 0.107 e. The van der Waals surface area contributed by atoms with Gasteiger partial charge in [-0.3, -0.25) is 10.9 Å². The van der Waals surface area contributed by atoms with Crippen molar-refractivity contribution >= 4 is 0 Å². The van der Waals surface area contributed by atoms with Crippen LogP contribution in [-0.4, -0.2) is 36.6 Å². The highest BCUT2D eigenvalue weighted by Crippen LogP contribution is 2.88. The Morgan fingerprint density at radius 1 is 1.05 bits per heavy atom. The SMILES string of the molecule is CC12CC1C2(CC[NH+]([O-])O)CNNCC1(CC[NH+]([O-])O)CC1. The first kappa shape index (κ1) is 16.5. The van der Waals surface area contributed by atoms with E-state index in [9.17, 15) is 10.4 Å². The van der Waals surface area contributed by atoms with Crippen molar-refractivity contribution in [2.24, 2.45) is 22.2 Å². The molecule has 0 aromatic rings. The summed E-state index contributed by atoms with van der Waals surface area (Å²) in [4.78, 5) is 0. The Kier molecular flexibility index (Phi) is 4.24. The topological polar surface area (TPSA) is 120 Å². The molecule has 0 aromatic carbocycles. The molecular formula is C14H28N4O4. The Bertz CT molecular complexity index is 418. The summed E-state index contributed by atoms with van der Waals surface area (Å²) in [5, 5.41) is 37.7. The minimum atomic E-state index is -0.724. The first-order valence-electron chi connectivity index (χ1n) is 8.23. The summed E-state index contributed by atoms with van der Waals surface area (Å²) in [6.07, 6.45) is 4.92. The third-order valence-corrected chi connectivity index (χ3v) is 6.56. The van der Waals surface area contributed by atoms with Crippen molar-refractivity contribution in [1.82, 2.24) is 10.9 Å². The van der Waals surface area contributed by atoms with Gasteiger partial charge >= 0.3 is 0 Å². The summed E-state index contributed by atoms with van der Waals surface area (Å²) < 4.78 is 0. The van der Waals surface area contributed by atoms with Crippen LogP contribution < -0.4 is 21.3 Å². The number of fused-ring (bicyclic) bond motifs is 1. The molecule has 0 aromatic heterocycles. The van der Waals surface area contributed by atoms with E-state index in [1.54, 1.807) is 0 Å². The molecule has 5 atom stereocenters. The summed E-state index contributed by atoms with van der Waals surface area (Å²) in [6, 6.07) is 0. The molecule has 3 rings (SSSR count). The highest BCUT2D eigenvalue weighted by atomic mass is 16.8. The molecule has 0 saturated heterocycles. The summed E-state index contributed by atoms with van der Waals surface area (Å²) in [5.41, 5.74) is 7.24. The third-order valence-electron chi connectivity index (χ3n) is 6.56. The van der Waals surface area contributed by atoms with Gasteiger partial charge in [0.15, 0.2) is 0 Å². The van der Waals surface area contributed by atoms with Crippen molar-refractivity contribution < 1.29 is 20.9 Å². The van der Waals surface area contributed by atoms with Crippen molar-refractivity contribution in [3.05, 3.63) is 10.4 Å². The minimum absolute atomic E-state index is 0.163. The maximum Gasteiger partial charge on any atom is 0.107 e. The zero-order chi connectivity index (χ0) is 16.0. The summed E-state index contributed by atoms with van der Waals surface area (Å²) in [7, 11) is 0. The number of hydroxylamine groups is 4. The number of nitrogens with one attached hydrogen (secondary N) is 4. The second-order valence-electron chi connectivity index (χ2n) is 7.82. The summed E-state index contributed by atoms with van der Waals surface area (Å²) in [6.45, 7) is 4.37. The highest BCUT2D eigenvalue weighted by molar-refractivity contribution is 5.32. The number of rotatable bonds is 11. The van der Waals surface area contributed by atoms with Crippen LogP contribution in [0.4, 0.5) is 0 Å².